The Balaban J connectivity index is 2.02. The van der Waals surface area contributed by atoms with Crippen molar-refractivity contribution in [2.24, 2.45) is 11.7 Å². The van der Waals surface area contributed by atoms with E-state index in [1.165, 1.54) is 13.3 Å². The fraction of sp³-hybridized carbons (Fsp3) is 0.682. The van der Waals surface area contributed by atoms with Gasteiger partial charge in [-0.3, -0.25) is 14.2 Å². The van der Waals surface area contributed by atoms with E-state index in [0.717, 1.165) is 0 Å². The van der Waals surface area contributed by atoms with Crippen molar-refractivity contribution in [3.63, 3.8) is 0 Å². The third-order valence-electron chi connectivity index (χ3n) is 5.17. The predicted octanol–water partition coefficient (Wildman–Crippen LogP) is 0.955. The molecule has 5 atom stereocenters. The summed E-state index contributed by atoms with van der Waals surface area (Å²) in [5.41, 5.74) is 12.4. The quantitative estimate of drug-likeness (QED) is 0.194. The van der Waals surface area contributed by atoms with Crippen molar-refractivity contribution in [3.8, 4) is 0 Å². The molecule has 0 aliphatic rings. The Morgan fingerprint density at radius 1 is 1.11 bits per heavy atom. The lowest BCUT2D eigenvalue weighted by atomic mass is 10.2. The summed E-state index contributed by atoms with van der Waals surface area (Å²) in [5.74, 6) is -0.907. The van der Waals surface area contributed by atoms with Crippen molar-refractivity contribution < 1.29 is 33.3 Å². The van der Waals surface area contributed by atoms with Crippen molar-refractivity contribution in [1.29, 1.82) is 0 Å². The summed E-state index contributed by atoms with van der Waals surface area (Å²) >= 11 is 0. The van der Waals surface area contributed by atoms with Gasteiger partial charge in [0.25, 0.3) is 7.52 Å². The summed E-state index contributed by atoms with van der Waals surface area (Å²) in [6.07, 6.45) is -0.123. The highest BCUT2D eigenvalue weighted by molar-refractivity contribution is 7.55. The molecule has 2 aromatic rings. The summed E-state index contributed by atoms with van der Waals surface area (Å²) in [4.78, 5) is 47.1. The monoisotopic (exact) mass is 543 g/mol. The lowest BCUT2D eigenvalue weighted by Gasteiger charge is -2.21. The Morgan fingerprint density at radius 3 is 2.41 bits per heavy atom. The van der Waals surface area contributed by atoms with Crippen LogP contribution in [0.25, 0.3) is 11.2 Å². The van der Waals surface area contributed by atoms with E-state index in [1.807, 2.05) is 0 Å². The molecule has 15 heteroatoms. The van der Waals surface area contributed by atoms with Gasteiger partial charge < -0.3 is 35.1 Å². The second-order valence-electron chi connectivity index (χ2n) is 9.33. The van der Waals surface area contributed by atoms with Crippen LogP contribution in [0.4, 0.5) is 5.82 Å². The molecule has 37 heavy (non-hydrogen) atoms. The van der Waals surface area contributed by atoms with Crippen LogP contribution in [-0.4, -0.2) is 73.6 Å². The first-order valence-corrected chi connectivity index (χ1v) is 13.9. The van der Waals surface area contributed by atoms with Crippen LogP contribution in [0.1, 0.15) is 47.4 Å². The lowest BCUT2D eigenvalue weighted by molar-refractivity contribution is -0.152. The van der Waals surface area contributed by atoms with E-state index in [0.29, 0.717) is 17.0 Å². The van der Waals surface area contributed by atoms with Crippen LogP contribution >= 0.6 is 7.52 Å². The number of hydrogen-bond acceptors (Lipinski definition) is 11. The molecule has 6 N–H and O–H groups in total. The van der Waals surface area contributed by atoms with E-state index in [4.69, 9.17) is 25.7 Å². The zero-order valence-electron chi connectivity index (χ0n) is 22.1. The van der Waals surface area contributed by atoms with E-state index >= 15 is 0 Å². The fourth-order valence-electron chi connectivity index (χ4n) is 3.23. The molecule has 0 aliphatic heterocycles. The number of fused-ring (bicyclic) bond motifs is 1. The minimum atomic E-state index is -3.98. The van der Waals surface area contributed by atoms with Gasteiger partial charge in [-0.05, 0) is 34.6 Å². The number of nitrogens with two attached hydrogens (primary N) is 2. The lowest BCUT2D eigenvalue weighted by Crippen LogP contribution is -2.35. The van der Waals surface area contributed by atoms with Gasteiger partial charge in [-0.25, -0.2) is 20.0 Å². The number of imidazole rings is 1. The zero-order valence-corrected chi connectivity index (χ0v) is 23.0. The number of ether oxygens (including phenoxy) is 3. The Hall–Kier alpha value is -2.64. The molecule has 14 nitrogen and oxygen atoms in total. The minimum Gasteiger partial charge on any atom is -0.462 e. The molecular formula is C22H38N7O7P. The first kappa shape index (κ1) is 30.6. The number of anilines is 1. The third kappa shape index (κ3) is 9.31. The summed E-state index contributed by atoms with van der Waals surface area (Å²) in [7, 11) is -3.98. The number of rotatable bonds is 14. The molecule has 0 aromatic carbocycles. The highest BCUT2D eigenvalue weighted by Crippen LogP contribution is 2.36. The van der Waals surface area contributed by atoms with Gasteiger partial charge in [-0.1, -0.05) is 6.92 Å². The van der Waals surface area contributed by atoms with E-state index < -0.39 is 50.0 Å². The number of esters is 2. The third-order valence-corrected chi connectivity index (χ3v) is 6.46. The van der Waals surface area contributed by atoms with Gasteiger partial charge in [0, 0.05) is 13.0 Å². The molecule has 2 unspecified atom stereocenters. The average Bonchev–Trinajstić information content (AvgIpc) is 3.19. The van der Waals surface area contributed by atoms with Gasteiger partial charge in [0.2, 0.25) is 0 Å². The second kappa shape index (κ2) is 13.2. The molecule has 0 saturated heterocycles. The highest BCUT2D eigenvalue weighted by atomic mass is 31.2. The van der Waals surface area contributed by atoms with Crippen LogP contribution in [0.15, 0.2) is 6.33 Å². The number of carbonyl (C=O) groups excluding carboxylic acids is 2. The van der Waals surface area contributed by atoms with Crippen LogP contribution in [0.5, 0.6) is 0 Å². The van der Waals surface area contributed by atoms with Gasteiger partial charge in [0.1, 0.15) is 29.8 Å². The predicted molar refractivity (Wildman–Crippen MR) is 136 cm³/mol. The van der Waals surface area contributed by atoms with Crippen LogP contribution in [0, 0.1) is 5.92 Å². The Labute approximate surface area is 216 Å². The maximum absolute atomic E-state index is 12.5. The number of carbonyl (C=O) groups is 2. The summed E-state index contributed by atoms with van der Waals surface area (Å²) < 4.78 is 30.2. The number of nitrogens with one attached hydrogen (secondary N) is 1. The molecular weight excluding hydrogens is 505 g/mol. The number of aromatic nitrogens is 4. The summed E-state index contributed by atoms with van der Waals surface area (Å²) in [6.45, 7) is 10.4. The summed E-state index contributed by atoms with van der Waals surface area (Å²) in [6, 6.07) is -0.979. The number of hydrogen-bond donors (Lipinski definition) is 4. The highest BCUT2D eigenvalue weighted by Gasteiger charge is 2.27. The van der Waals surface area contributed by atoms with E-state index in [1.54, 1.807) is 39.2 Å². The zero-order chi connectivity index (χ0) is 27.9. The van der Waals surface area contributed by atoms with Crippen LogP contribution in [0.3, 0.4) is 0 Å². The molecule has 2 heterocycles. The van der Waals surface area contributed by atoms with E-state index in [9.17, 15) is 19.0 Å². The van der Waals surface area contributed by atoms with Gasteiger partial charge >= 0.3 is 11.9 Å². The molecule has 0 bridgehead atoms. The second-order valence-corrected chi connectivity index (χ2v) is 11.2. The van der Waals surface area contributed by atoms with Gasteiger partial charge in [0.15, 0.2) is 11.5 Å². The van der Waals surface area contributed by atoms with Crippen molar-refractivity contribution in [3.05, 3.63) is 12.2 Å². The average molecular weight is 544 g/mol. The number of nitrogens with zero attached hydrogens (tertiary/aromatic N) is 4. The molecule has 2 rings (SSSR count). The normalized spacial score (nSPS) is 16.7. The number of nitrogen functional groups attached to an aromatic ring is 1. The van der Waals surface area contributed by atoms with Crippen LogP contribution in [0.2, 0.25) is 0 Å². The van der Waals surface area contributed by atoms with E-state index in [2.05, 4.69) is 20.0 Å². The maximum Gasteiger partial charge on any atom is 0.323 e. The van der Waals surface area contributed by atoms with E-state index in [-0.39, 0.29) is 31.4 Å². The Morgan fingerprint density at radius 2 is 1.78 bits per heavy atom. The van der Waals surface area contributed by atoms with Crippen LogP contribution in [-0.2, 0) is 41.3 Å². The molecule has 0 amide bonds. The van der Waals surface area contributed by atoms with Crippen molar-refractivity contribution in [1.82, 2.24) is 24.6 Å². The fourth-order valence-corrected chi connectivity index (χ4v) is 4.47. The minimum absolute atomic E-state index is 0.174. The molecule has 0 saturated carbocycles. The Kier molecular flexibility index (Phi) is 10.9. The first-order valence-electron chi connectivity index (χ1n) is 12.0. The van der Waals surface area contributed by atoms with Crippen molar-refractivity contribution in [2.45, 2.75) is 78.9 Å². The molecule has 0 aliphatic carbocycles. The largest absolute Gasteiger partial charge is 0.462 e. The molecule has 0 radical (unpaired) electrons. The van der Waals surface area contributed by atoms with Gasteiger partial charge in [0.05, 0.1) is 31.0 Å². The maximum atomic E-state index is 12.5. The van der Waals surface area contributed by atoms with Gasteiger partial charge in [-0.2, -0.15) is 0 Å². The molecule has 0 fully saturated rings. The molecule has 0 spiro atoms. The smallest absolute Gasteiger partial charge is 0.323 e. The molecule has 2 aromatic heterocycles. The molecule has 208 valence electrons. The SMILES string of the molecule is CC(C)OC(=O)[C@H](C)NP(=O)(O)CO[C@H](C)Cn1cnc2c(N)nc(CC(C)OC(=O)[C@@H](C)CN)nc21. The first-order chi connectivity index (χ1) is 17.2. The van der Waals surface area contributed by atoms with Gasteiger partial charge in [-0.15, -0.1) is 0 Å². The topological polar surface area (TPSA) is 207 Å². The van der Waals surface area contributed by atoms with Crippen molar-refractivity contribution in [2.75, 3.05) is 18.6 Å². The standard InChI is InChI=1S/C22H38N7O7P/c1-12(2)35-22(31)16(6)28-37(32,33)11-34-15(5)9-29-10-25-18-19(24)26-17(27-20(18)29)7-14(4)36-21(30)13(3)8-23/h10,12-16H,7-9,11,23H2,1-6H3,(H2,24,26,27)(H2,28,32,33)/t13-,14?,15+,16-/m0/s1. The van der Waals surface area contributed by atoms with Crippen molar-refractivity contribution >= 4 is 36.4 Å². The summed E-state index contributed by atoms with van der Waals surface area (Å²) in [5, 5.41) is 2.37. The van der Waals surface area contributed by atoms with Crippen LogP contribution < -0.4 is 16.6 Å². The Bertz CT molecular complexity index is 1130.